The fourth-order valence-electron chi connectivity index (χ4n) is 3.56. The molecule has 5 nitrogen and oxygen atoms in total. The van der Waals surface area contributed by atoms with Crippen molar-refractivity contribution in [2.24, 2.45) is 0 Å². The number of Topliss-reactive ketones (excluding diaryl/α,β-unsaturated/α-hetero) is 1. The van der Waals surface area contributed by atoms with Crippen LogP contribution in [0.2, 0.25) is 5.02 Å². The molecule has 1 aromatic heterocycles. The predicted octanol–water partition coefficient (Wildman–Crippen LogP) is 5.82. The number of nitrogens with zero attached hydrogens (tertiary/aromatic N) is 1. The number of carbonyl (C=O) groups is 1. The Morgan fingerprint density at radius 2 is 1.86 bits per heavy atom. The standard InChI is InChI=1S/C23H26ClNO4/c1-7-14-8-9-15(28-21-17(24)10-13(2)12-25-21)11-16(14)18-19(26)22(3,4)29-23(5,6)20(18)27/h8-12,26H,7H2,1-6H3. The molecule has 0 saturated carbocycles. The lowest BCUT2D eigenvalue weighted by atomic mass is 9.81. The van der Waals surface area contributed by atoms with Crippen LogP contribution in [0, 0.1) is 6.92 Å². The molecule has 0 radical (unpaired) electrons. The van der Waals surface area contributed by atoms with Gasteiger partial charge in [0.2, 0.25) is 5.88 Å². The highest BCUT2D eigenvalue weighted by atomic mass is 35.5. The maximum Gasteiger partial charge on any atom is 0.238 e. The lowest BCUT2D eigenvalue weighted by Gasteiger charge is -2.40. The second kappa shape index (κ2) is 7.47. The van der Waals surface area contributed by atoms with Gasteiger partial charge in [0, 0.05) is 6.20 Å². The second-order valence-corrected chi connectivity index (χ2v) is 8.66. The van der Waals surface area contributed by atoms with Crippen LogP contribution in [0.1, 0.15) is 51.3 Å². The Morgan fingerprint density at radius 3 is 2.48 bits per heavy atom. The van der Waals surface area contributed by atoms with Gasteiger partial charge >= 0.3 is 0 Å². The van der Waals surface area contributed by atoms with Gasteiger partial charge in [0.15, 0.2) is 5.78 Å². The third kappa shape index (κ3) is 4.02. The monoisotopic (exact) mass is 415 g/mol. The highest BCUT2D eigenvalue weighted by Crippen LogP contribution is 2.42. The number of ether oxygens (including phenoxy) is 2. The number of aliphatic hydroxyl groups is 1. The molecule has 0 saturated heterocycles. The van der Waals surface area contributed by atoms with E-state index in [9.17, 15) is 9.90 Å². The molecule has 1 aliphatic heterocycles. The summed E-state index contributed by atoms with van der Waals surface area (Å²) in [6, 6.07) is 7.21. The molecule has 2 aromatic rings. The number of pyridine rings is 1. The molecule has 0 atom stereocenters. The lowest BCUT2D eigenvalue weighted by Crippen LogP contribution is -2.49. The molecule has 29 heavy (non-hydrogen) atoms. The number of benzene rings is 1. The molecular formula is C23H26ClNO4. The minimum absolute atomic E-state index is 0.0832. The SMILES string of the molecule is CCc1ccc(Oc2ncc(C)cc2Cl)cc1C1=C(O)C(C)(C)OC(C)(C)C1=O. The topological polar surface area (TPSA) is 68.7 Å². The number of halogens is 1. The molecule has 6 heteroatoms. The summed E-state index contributed by atoms with van der Waals surface area (Å²) in [6.07, 6.45) is 2.36. The van der Waals surface area contributed by atoms with E-state index < -0.39 is 11.2 Å². The summed E-state index contributed by atoms with van der Waals surface area (Å²) in [5.74, 6) is 0.406. The molecule has 1 aliphatic rings. The van der Waals surface area contributed by atoms with Crippen LogP contribution in [0.15, 0.2) is 36.2 Å². The molecule has 1 N–H and O–H groups in total. The number of hydrogen-bond acceptors (Lipinski definition) is 5. The van der Waals surface area contributed by atoms with Gasteiger partial charge in [0.05, 0.1) is 5.57 Å². The summed E-state index contributed by atoms with van der Waals surface area (Å²) in [7, 11) is 0. The van der Waals surface area contributed by atoms with E-state index in [2.05, 4.69) is 4.98 Å². The highest BCUT2D eigenvalue weighted by Gasteiger charge is 2.47. The molecule has 2 heterocycles. The number of ketones is 1. The largest absolute Gasteiger partial charge is 0.508 e. The van der Waals surface area contributed by atoms with Gasteiger partial charge in [-0.25, -0.2) is 4.98 Å². The van der Waals surface area contributed by atoms with Crippen LogP contribution in [0.4, 0.5) is 0 Å². The van der Waals surface area contributed by atoms with Gasteiger partial charge < -0.3 is 14.6 Å². The summed E-state index contributed by atoms with van der Waals surface area (Å²) in [5, 5.41) is 11.3. The van der Waals surface area contributed by atoms with Crippen molar-refractivity contribution in [3.63, 3.8) is 0 Å². The third-order valence-corrected chi connectivity index (χ3v) is 5.25. The zero-order chi connectivity index (χ0) is 21.6. The first-order chi connectivity index (χ1) is 13.5. The summed E-state index contributed by atoms with van der Waals surface area (Å²) < 4.78 is 11.7. The van der Waals surface area contributed by atoms with E-state index in [0.29, 0.717) is 22.8 Å². The molecule has 0 amide bonds. The number of hydrogen-bond donors (Lipinski definition) is 1. The van der Waals surface area contributed by atoms with Crippen LogP contribution in [-0.4, -0.2) is 27.1 Å². The normalized spacial score (nSPS) is 18.1. The number of carbonyl (C=O) groups excluding carboxylic acids is 1. The van der Waals surface area contributed by atoms with E-state index in [1.54, 1.807) is 52.1 Å². The van der Waals surface area contributed by atoms with Gasteiger partial charge in [-0.15, -0.1) is 0 Å². The molecule has 154 valence electrons. The van der Waals surface area contributed by atoms with E-state index in [1.807, 2.05) is 19.9 Å². The Morgan fingerprint density at radius 1 is 1.17 bits per heavy atom. The first-order valence-electron chi connectivity index (χ1n) is 9.58. The predicted molar refractivity (Wildman–Crippen MR) is 114 cm³/mol. The van der Waals surface area contributed by atoms with Gasteiger partial charge in [-0.3, -0.25) is 4.79 Å². The Balaban J connectivity index is 2.13. The second-order valence-electron chi connectivity index (χ2n) is 8.25. The highest BCUT2D eigenvalue weighted by molar-refractivity contribution is 6.31. The lowest BCUT2D eigenvalue weighted by molar-refractivity contribution is -0.158. The average molecular weight is 416 g/mol. The Labute approximate surface area is 176 Å². The Kier molecular flexibility index (Phi) is 5.50. The molecule has 0 aliphatic carbocycles. The fourth-order valence-corrected chi connectivity index (χ4v) is 3.82. The minimum atomic E-state index is -1.06. The number of rotatable bonds is 4. The van der Waals surface area contributed by atoms with Crippen molar-refractivity contribution < 1.29 is 19.4 Å². The molecule has 1 aromatic carbocycles. The molecule has 0 fully saturated rings. The first kappa shape index (κ1) is 21.3. The summed E-state index contributed by atoms with van der Waals surface area (Å²) in [5.41, 5.74) is 0.683. The van der Waals surface area contributed by atoms with Gasteiger partial charge in [-0.05, 0) is 75.9 Å². The minimum Gasteiger partial charge on any atom is -0.508 e. The molecule has 0 spiro atoms. The van der Waals surface area contributed by atoms with Gasteiger partial charge in [-0.2, -0.15) is 0 Å². The van der Waals surface area contributed by atoms with Crippen LogP contribution in [0.25, 0.3) is 5.57 Å². The van der Waals surface area contributed by atoms with Crippen molar-refractivity contribution in [3.8, 4) is 11.6 Å². The molecule has 0 unspecified atom stereocenters. The first-order valence-corrected chi connectivity index (χ1v) is 9.96. The number of aromatic nitrogens is 1. The zero-order valence-electron chi connectivity index (χ0n) is 17.6. The number of aryl methyl sites for hydroxylation is 2. The van der Waals surface area contributed by atoms with Gasteiger partial charge in [-0.1, -0.05) is 24.6 Å². The quantitative estimate of drug-likeness (QED) is 0.680. The van der Waals surface area contributed by atoms with E-state index in [1.165, 1.54) is 0 Å². The van der Waals surface area contributed by atoms with Crippen LogP contribution in [-0.2, 0) is 16.0 Å². The van der Waals surface area contributed by atoms with Crippen LogP contribution in [0.3, 0.4) is 0 Å². The van der Waals surface area contributed by atoms with Crippen molar-refractivity contribution in [1.82, 2.24) is 4.98 Å². The summed E-state index contributed by atoms with van der Waals surface area (Å²) >= 11 is 6.24. The van der Waals surface area contributed by atoms with Crippen molar-refractivity contribution in [2.45, 2.75) is 59.2 Å². The Hall–Kier alpha value is -2.37. The van der Waals surface area contributed by atoms with Crippen LogP contribution >= 0.6 is 11.6 Å². The summed E-state index contributed by atoms with van der Waals surface area (Å²) in [6.45, 7) is 10.8. The zero-order valence-corrected chi connectivity index (χ0v) is 18.3. The third-order valence-electron chi connectivity index (χ3n) is 4.98. The fraction of sp³-hybridized carbons (Fsp3) is 0.391. The van der Waals surface area contributed by atoms with Crippen molar-refractivity contribution in [2.75, 3.05) is 0 Å². The molecule has 3 rings (SSSR count). The maximum absolute atomic E-state index is 13.2. The summed E-state index contributed by atoms with van der Waals surface area (Å²) in [4.78, 5) is 17.4. The van der Waals surface area contributed by atoms with E-state index in [-0.39, 0.29) is 23.0 Å². The van der Waals surface area contributed by atoms with E-state index in [0.717, 1.165) is 11.1 Å². The van der Waals surface area contributed by atoms with E-state index >= 15 is 0 Å². The van der Waals surface area contributed by atoms with Gasteiger partial charge in [0.25, 0.3) is 0 Å². The Bertz CT molecular complexity index is 1010. The van der Waals surface area contributed by atoms with Crippen molar-refractivity contribution in [1.29, 1.82) is 0 Å². The smallest absolute Gasteiger partial charge is 0.238 e. The van der Waals surface area contributed by atoms with Gasteiger partial charge in [0.1, 0.15) is 27.7 Å². The van der Waals surface area contributed by atoms with Crippen LogP contribution in [0.5, 0.6) is 11.6 Å². The number of aliphatic hydroxyl groups excluding tert-OH is 1. The van der Waals surface area contributed by atoms with Crippen molar-refractivity contribution >= 4 is 23.0 Å². The average Bonchev–Trinajstić information content (AvgIpc) is 2.62. The van der Waals surface area contributed by atoms with Crippen molar-refractivity contribution in [3.05, 3.63) is 57.9 Å². The maximum atomic E-state index is 13.2. The van der Waals surface area contributed by atoms with E-state index in [4.69, 9.17) is 21.1 Å². The molecular weight excluding hydrogens is 390 g/mol. The molecule has 0 bridgehead atoms. The van der Waals surface area contributed by atoms with Crippen LogP contribution < -0.4 is 4.74 Å².